The molecule has 0 radical (unpaired) electrons. The van der Waals surface area contributed by atoms with Crippen molar-refractivity contribution in [1.29, 1.82) is 0 Å². The molecule has 4 nitrogen and oxygen atoms in total. The number of aromatic amines is 1. The molecular weight excluding hydrogens is 208 g/mol. The Kier molecular flexibility index (Phi) is 2.48. The lowest BCUT2D eigenvalue weighted by atomic mass is 10.3. The van der Waals surface area contributed by atoms with Gasteiger partial charge < -0.3 is 4.98 Å². The molecule has 0 fully saturated rings. The van der Waals surface area contributed by atoms with Gasteiger partial charge in [0.2, 0.25) is 0 Å². The zero-order valence-electron chi connectivity index (χ0n) is 9.11. The van der Waals surface area contributed by atoms with Gasteiger partial charge in [0.15, 0.2) is 4.77 Å². The van der Waals surface area contributed by atoms with E-state index in [-0.39, 0.29) is 0 Å². The van der Waals surface area contributed by atoms with Crippen LogP contribution in [0.5, 0.6) is 0 Å². The highest BCUT2D eigenvalue weighted by Crippen LogP contribution is 2.16. The van der Waals surface area contributed by atoms with Gasteiger partial charge in [-0.3, -0.25) is 9.25 Å². The number of aryl methyl sites for hydroxylation is 3. The molecule has 0 unspecified atom stereocenters. The molecule has 0 aliphatic carbocycles. The molecule has 5 heteroatoms. The second kappa shape index (κ2) is 3.66. The Morgan fingerprint density at radius 1 is 1.53 bits per heavy atom. The van der Waals surface area contributed by atoms with Gasteiger partial charge in [-0.05, 0) is 25.6 Å². The van der Waals surface area contributed by atoms with Crippen molar-refractivity contribution in [2.75, 3.05) is 0 Å². The van der Waals surface area contributed by atoms with Gasteiger partial charge in [-0.25, -0.2) is 0 Å². The summed E-state index contributed by atoms with van der Waals surface area (Å²) in [7, 11) is 1.92. The zero-order chi connectivity index (χ0) is 11.0. The predicted molar refractivity (Wildman–Crippen MR) is 61.8 cm³/mol. The van der Waals surface area contributed by atoms with Crippen molar-refractivity contribution in [2.45, 2.75) is 20.3 Å². The molecule has 0 bridgehead atoms. The van der Waals surface area contributed by atoms with Gasteiger partial charge >= 0.3 is 0 Å². The molecule has 0 atom stereocenters. The van der Waals surface area contributed by atoms with Gasteiger partial charge in [0.05, 0.1) is 11.4 Å². The smallest absolute Gasteiger partial charge is 0.182 e. The molecule has 80 valence electrons. The monoisotopic (exact) mass is 222 g/mol. The molecule has 15 heavy (non-hydrogen) atoms. The van der Waals surface area contributed by atoms with E-state index in [1.807, 2.05) is 35.6 Å². The number of H-pyrrole nitrogens is 1. The maximum absolute atomic E-state index is 5.24. The van der Waals surface area contributed by atoms with Gasteiger partial charge in [0.1, 0.15) is 0 Å². The van der Waals surface area contributed by atoms with Crippen LogP contribution in [0.2, 0.25) is 0 Å². The molecule has 2 heterocycles. The first kappa shape index (κ1) is 10.2. The highest BCUT2D eigenvalue weighted by Gasteiger charge is 2.10. The van der Waals surface area contributed by atoms with Crippen molar-refractivity contribution in [3.05, 3.63) is 28.6 Å². The number of hydrogen-bond donors (Lipinski definition) is 1. The first-order valence-electron chi connectivity index (χ1n) is 4.93. The minimum atomic E-state index is 0.718. The van der Waals surface area contributed by atoms with Crippen LogP contribution >= 0.6 is 12.2 Å². The molecule has 0 aromatic carbocycles. The first-order chi connectivity index (χ1) is 7.13. The minimum absolute atomic E-state index is 0.718. The summed E-state index contributed by atoms with van der Waals surface area (Å²) < 4.78 is 4.55. The molecule has 2 aromatic rings. The van der Waals surface area contributed by atoms with E-state index in [9.17, 15) is 0 Å². The molecule has 2 rings (SSSR count). The average Bonchev–Trinajstić information content (AvgIpc) is 2.70. The summed E-state index contributed by atoms with van der Waals surface area (Å²) in [5, 5.41) is 4.40. The highest BCUT2D eigenvalue weighted by atomic mass is 32.1. The average molecular weight is 222 g/mol. The van der Waals surface area contributed by atoms with E-state index in [4.69, 9.17) is 12.2 Å². The zero-order valence-corrected chi connectivity index (χ0v) is 9.93. The van der Waals surface area contributed by atoms with Crippen LogP contribution in [0, 0.1) is 11.7 Å². The van der Waals surface area contributed by atoms with Gasteiger partial charge in [-0.15, -0.1) is 0 Å². The maximum atomic E-state index is 5.24. The minimum Gasteiger partial charge on any atom is -0.337 e. The Bertz CT molecular complexity index is 532. The summed E-state index contributed by atoms with van der Waals surface area (Å²) in [5.74, 6) is 0. The fraction of sp³-hybridized carbons (Fsp3) is 0.400. The summed E-state index contributed by atoms with van der Waals surface area (Å²) in [6.45, 7) is 4.12. The van der Waals surface area contributed by atoms with Crippen molar-refractivity contribution < 1.29 is 0 Å². The Morgan fingerprint density at radius 2 is 2.27 bits per heavy atom. The lowest BCUT2D eigenvalue weighted by Gasteiger charge is -2.03. The molecule has 0 spiro atoms. The second-order valence-electron chi connectivity index (χ2n) is 3.56. The third-order valence-electron chi connectivity index (χ3n) is 2.42. The van der Waals surface area contributed by atoms with Crippen molar-refractivity contribution in [1.82, 2.24) is 19.3 Å². The van der Waals surface area contributed by atoms with Gasteiger partial charge in [0, 0.05) is 25.1 Å². The summed E-state index contributed by atoms with van der Waals surface area (Å²) in [6, 6.07) is 0. The van der Waals surface area contributed by atoms with E-state index in [1.54, 1.807) is 0 Å². The van der Waals surface area contributed by atoms with E-state index in [0.717, 1.165) is 28.3 Å². The third kappa shape index (κ3) is 1.63. The van der Waals surface area contributed by atoms with Gasteiger partial charge in [-0.1, -0.05) is 6.92 Å². The maximum Gasteiger partial charge on any atom is 0.182 e. The standard InChI is InChI=1S/C10H14N4S/c1-4-8-9(6-13(3)12-8)14-7(2)5-11-10(14)15/h5-6H,4H2,1-3H3,(H,11,15). The Hall–Kier alpha value is -1.36. The molecule has 0 aliphatic rings. The summed E-state index contributed by atoms with van der Waals surface area (Å²) in [4.78, 5) is 3.04. The van der Waals surface area contributed by atoms with E-state index in [2.05, 4.69) is 17.0 Å². The van der Waals surface area contributed by atoms with Crippen LogP contribution in [0.3, 0.4) is 0 Å². The number of hydrogen-bond acceptors (Lipinski definition) is 2. The lowest BCUT2D eigenvalue weighted by molar-refractivity contribution is 0.746. The Balaban J connectivity index is 2.68. The predicted octanol–water partition coefficient (Wildman–Crippen LogP) is 2.14. The highest BCUT2D eigenvalue weighted by molar-refractivity contribution is 7.71. The number of rotatable bonds is 2. The topological polar surface area (TPSA) is 38.5 Å². The Morgan fingerprint density at radius 3 is 2.80 bits per heavy atom. The van der Waals surface area contributed by atoms with Crippen molar-refractivity contribution in [3.63, 3.8) is 0 Å². The summed E-state index contributed by atoms with van der Waals surface area (Å²) in [6.07, 6.45) is 4.81. The normalized spacial score (nSPS) is 10.9. The summed E-state index contributed by atoms with van der Waals surface area (Å²) in [5.41, 5.74) is 3.24. The van der Waals surface area contributed by atoms with Crippen LogP contribution in [0.15, 0.2) is 12.4 Å². The first-order valence-corrected chi connectivity index (χ1v) is 5.34. The number of nitrogens with one attached hydrogen (secondary N) is 1. The van der Waals surface area contributed by atoms with E-state index >= 15 is 0 Å². The van der Waals surface area contributed by atoms with Crippen molar-refractivity contribution >= 4 is 12.2 Å². The fourth-order valence-corrected chi connectivity index (χ4v) is 2.02. The quantitative estimate of drug-likeness (QED) is 0.791. The lowest BCUT2D eigenvalue weighted by Crippen LogP contribution is -1.98. The van der Waals surface area contributed by atoms with Crippen LogP contribution in [0.4, 0.5) is 0 Å². The molecule has 1 N–H and O–H groups in total. The Labute approximate surface area is 93.6 Å². The summed E-state index contributed by atoms with van der Waals surface area (Å²) >= 11 is 5.24. The molecule has 0 amide bonds. The fourth-order valence-electron chi connectivity index (χ4n) is 1.72. The SMILES string of the molecule is CCc1nn(C)cc1-n1c(C)c[nH]c1=S. The van der Waals surface area contributed by atoms with Crippen LogP contribution in [0.25, 0.3) is 5.69 Å². The molecule has 0 saturated carbocycles. The largest absolute Gasteiger partial charge is 0.337 e. The molecule has 2 aromatic heterocycles. The molecule has 0 aliphatic heterocycles. The number of imidazole rings is 1. The van der Waals surface area contributed by atoms with Crippen molar-refractivity contribution in [3.8, 4) is 5.69 Å². The molecule has 0 saturated heterocycles. The number of aromatic nitrogens is 4. The van der Waals surface area contributed by atoms with Gasteiger partial charge in [-0.2, -0.15) is 5.10 Å². The molecular formula is C10H14N4S. The van der Waals surface area contributed by atoms with Crippen molar-refractivity contribution in [2.24, 2.45) is 7.05 Å². The van der Waals surface area contributed by atoms with Crippen LogP contribution in [0.1, 0.15) is 18.3 Å². The number of nitrogens with zero attached hydrogens (tertiary/aromatic N) is 3. The van der Waals surface area contributed by atoms with E-state index in [0.29, 0.717) is 0 Å². The van der Waals surface area contributed by atoms with Crippen LogP contribution in [-0.4, -0.2) is 19.3 Å². The third-order valence-corrected chi connectivity index (χ3v) is 2.72. The second-order valence-corrected chi connectivity index (χ2v) is 3.95. The van der Waals surface area contributed by atoms with E-state index in [1.165, 1.54) is 0 Å². The van der Waals surface area contributed by atoms with Crippen LogP contribution in [-0.2, 0) is 13.5 Å². The van der Waals surface area contributed by atoms with E-state index < -0.39 is 0 Å². The van der Waals surface area contributed by atoms with Crippen LogP contribution < -0.4 is 0 Å². The van der Waals surface area contributed by atoms with Gasteiger partial charge in [0.25, 0.3) is 0 Å².